The van der Waals surface area contributed by atoms with E-state index < -0.39 is 0 Å². The van der Waals surface area contributed by atoms with E-state index in [1.807, 2.05) is 11.8 Å². The summed E-state index contributed by atoms with van der Waals surface area (Å²) in [5.74, 6) is 0.299. The molecule has 0 aromatic rings. The van der Waals surface area contributed by atoms with Gasteiger partial charge in [0.05, 0.1) is 0 Å². The van der Waals surface area contributed by atoms with Crippen molar-refractivity contribution in [3.8, 4) is 0 Å². The molecular weight excluding hydrogens is 266 g/mol. The van der Waals surface area contributed by atoms with Gasteiger partial charge in [0.1, 0.15) is 0 Å². The first-order valence-electron chi connectivity index (χ1n) is 8.04. The van der Waals surface area contributed by atoms with Gasteiger partial charge in [-0.1, -0.05) is 20.8 Å². The minimum atomic E-state index is -0.0846. The number of hydrogen-bond donors (Lipinski definition) is 2. The van der Waals surface area contributed by atoms with Crippen molar-refractivity contribution in [3.63, 3.8) is 0 Å². The van der Waals surface area contributed by atoms with Gasteiger partial charge in [0.2, 0.25) is 11.8 Å². The summed E-state index contributed by atoms with van der Waals surface area (Å²) in [7, 11) is 0. The summed E-state index contributed by atoms with van der Waals surface area (Å²) in [6.45, 7) is 10.3. The molecule has 0 radical (unpaired) electrons. The molecular formula is C16H31N3O2. The second-order valence-electron chi connectivity index (χ2n) is 7.28. The van der Waals surface area contributed by atoms with Crippen molar-refractivity contribution in [1.82, 2.24) is 10.2 Å². The third-order valence-corrected chi connectivity index (χ3v) is 3.88. The van der Waals surface area contributed by atoms with Gasteiger partial charge >= 0.3 is 0 Å². The van der Waals surface area contributed by atoms with Crippen LogP contribution in [0, 0.1) is 11.3 Å². The molecule has 122 valence electrons. The van der Waals surface area contributed by atoms with Gasteiger partial charge in [-0.2, -0.15) is 0 Å². The first-order valence-corrected chi connectivity index (χ1v) is 8.04. The molecule has 1 aliphatic heterocycles. The molecule has 1 atom stereocenters. The highest BCUT2D eigenvalue weighted by molar-refractivity contribution is 5.80. The van der Waals surface area contributed by atoms with E-state index in [9.17, 15) is 9.59 Å². The first-order chi connectivity index (χ1) is 9.73. The topological polar surface area (TPSA) is 75.4 Å². The Bertz CT molecular complexity index is 355. The second kappa shape index (κ2) is 7.78. The molecule has 1 heterocycles. The summed E-state index contributed by atoms with van der Waals surface area (Å²) >= 11 is 0. The minimum Gasteiger partial charge on any atom is -0.356 e. The van der Waals surface area contributed by atoms with Crippen molar-refractivity contribution in [3.05, 3.63) is 0 Å². The predicted molar refractivity (Wildman–Crippen MR) is 84.7 cm³/mol. The lowest BCUT2D eigenvalue weighted by Crippen LogP contribution is -2.44. The molecule has 0 aromatic heterocycles. The lowest BCUT2D eigenvalue weighted by atomic mass is 9.87. The van der Waals surface area contributed by atoms with Crippen LogP contribution in [0.25, 0.3) is 0 Å². The lowest BCUT2D eigenvalue weighted by Gasteiger charge is -2.32. The molecule has 1 saturated heterocycles. The van der Waals surface area contributed by atoms with Gasteiger partial charge in [-0.05, 0) is 31.6 Å². The van der Waals surface area contributed by atoms with Crippen molar-refractivity contribution in [2.24, 2.45) is 17.1 Å². The number of piperidine rings is 1. The van der Waals surface area contributed by atoms with E-state index in [2.05, 4.69) is 26.1 Å². The summed E-state index contributed by atoms with van der Waals surface area (Å²) in [5, 5.41) is 2.85. The number of amides is 2. The Hall–Kier alpha value is -1.10. The van der Waals surface area contributed by atoms with E-state index in [1.165, 1.54) is 0 Å². The number of likely N-dealkylation sites (tertiary alicyclic amines) is 1. The van der Waals surface area contributed by atoms with Gasteiger partial charge in [-0.15, -0.1) is 0 Å². The fraction of sp³-hybridized carbons (Fsp3) is 0.875. The zero-order chi connectivity index (χ0) is 16.0. The van der Waals surface area contributed by atoms with E-state index in [4.69, 9.17) is 5.73 Å². The fourth-order valence-electron chi connectivity index (χ4n) is 2.92. The number of hydrogen-bond acceptors (Lipinski definition) is 3. The molecule has 0 spiro atoms. The number of carbonyl (C=O) groups excluding carboxylic acids is 2. The average molecular weight is 297 g/mol. The number of nitrogens with zero attached hydrogens (tertiary/aromatic N) is 1. The van der Waals surface area contributed by atoms with Crippen LogP contribution in [0.5, 0.6) is 0 Å². The first kappa shape index (κ1) is 18.0. The molecule has 1 fully saturated rings. The van der Waals surface area contributed by atoms with Crippen LogP contribution in [0.1, 0.15) is 53.4 Å². The van der Waals surface area contributed by atoms with Crippen LogP contribution < -0.4 is 11.1 Å². The smallest absolute Gasteiger partial charge is 0.224 e. The van der Waals surface area contributed by atoms with Gasteiger partial charge < -0.3 is 16.0 Å². The van der Waals surface area contributed by atoms with E-state index in [0.29, 0.717) is 26.1 Å². The number of carbonyl (C=O) groups is 2. The summed E-state index contributed by atoms with van der Waals surface area (Å²) < 4.78 is 0. The summed E-state index contributed by atoms with van der Waals surface area (Å²) in [4.78, 5) is 25.9. The largest absolute Gasteiger partial charge is 0.356 e. The molecule has 5 heteroatoms. The van der Waals surface area contributed by atoms with Crippen molar-refractivity contribution in [1.29, 1.82) is 0 Å². The zero-order valence-corrected chi connectivity index (χ0v) is 13.9. The third kappa shape index (κ3) is 6.46. The Morgan fingerprint density at radius 2 is 1.86 bits per heavy atom. The zero-order valence-electron chi connectivity index (χ0n) is 13.9. The number of nitrogens with two attached hydrogens (primary N) is 1. The van der Waals surface area contributed by atoms with Gasteiger partial charge in [0.15, 0.2) is 0 Å². The molecule has 0 aromatic carbocycles. The van der Waals surface area contributed by atoms with Crippen LogP contribution >= 0.6 is 0 Å². The molecule has 0 bridgehead atoms. The SMILES string of the molecule is CCNC(=O)C1CCN(C(=O)CC(N)CC(C)(C)C)CC1. The quantitative estimate of drug-likeness (QED) is 0.808. The molecule has 1 aliphatic rings. The lowest BCUT2D eigenvalue weighted by molar-refractivity contribution is -0.136. The summed E-state index contributed by atoms with van der Waals surface area (Å²) in [5.41, 5.74) is 6.21. The van der Waals surface area contributed by atoms with Gasteiger partial charge in [-0.3, -0.25) is 9.59 Å². The Morgan fingerprint density at radius 3 is 2.33 bits per heavy atom. The van der Waals surface area contributed by atoms with Crippen LogP contribution in [0.4, 0.5) is 0 Å². The predicted octanol–water partition coefficient (Wildman–Crippen LogP) is 1.51. The van der Waals surface area contributed by atoms with E-state index in [0.717, 1.165) is 19.3 Å². The van der Waals surface area contributed by atoms with Crippen LogP contribution in [-0.4, -0.2) is 42.4 Å². The summed E-state index contributed by atoms with van der Waals surface area (Å²) in [6.07, 6.45) is 2.76. The molecule has 0 aliphatic carbocycles. The van der Waals surface area contributed by atoms with Crippen molar-refractivity contribution < 1.29 is 9.59 Å². The summed E-state index contributed by atoms with van der Waals surface area (Å²) in [6, 6.07) is -0.0846. The Morgan fingerprint density at radius 1 is 1.29 bits per heavy atom. The van der Waals surface area contributed by atoms with E-state index in [1.54, 1.807) is 0 Å². The third-order valence-electron chi connectivity index (χ3n) is 3.88. The van der Waals surface area contributed by atoms with Crippen molar-refractivity contribution >= 4 is 11.8 Å². The van der Waals surface area contributed by atoms with Crippen LogP contribution in [0.15, 0.2) is 0 Å². The molecule has 3 N–H and O–H groups in total. The maximum atomic E-state index is 12.2. The Balaban J connectivity index is 2.36. The fourth-order valence-corrected chi connectivity index (χ4v) is 2.92. The van der Waals surface area contributed by atoms with Crippen molar-refractivity contribution in [2.75, 3.05) is 19.6 Å². The average Bonchev–Trinajstić information content (AvgIpc) is 2.36. The number of rotatable bonds is 5. The van der Waals surface area contributed by atoms with Crippen LogP contribution in [0.3, 0.4) is 0 Å². The molecule has 1 rings (SSSR count). The highest BCUT2D eigenvalue weighted by Gasteiger charge is 2.28. The maximum Gasteiger partial charge on any atom is 0.224 e. The molecule has 5 nitrogen and oxygen atoms in total. The Labute approximate surface area is 128 Å². The van der Waals surface area contributed by atoms with Gasteiger partial charge in [-0.25, -0.2) is 0 Å². The minimum absolute atomic E-state index is 0.0530. The monoisotopic (exact) mass is 297 g/mol. The second-order valence-corrected chi connectivity index (χ2v) is 7.28. The number of nitrogens with one attached hydrogen (secondary N) is 1. The highest BCUT2D eigenvalue weighted by Crippen LogP contribution is 2.22. The molecule has 2 amide bonds. The van der Waals surface area contributed by atoms with E-state index in [-0.39, 0.29) is 29.2 Å². The van der Waals surface area contributed by atoms with Crippen LogP contribution in [0.2, 0.25) is 0 Å². The standard InChI is InChI=1S/C16H31N3O2/c1-5-18-15(21)12-6-8-19(9-7-12)14(20)10-13(17)11-16(2,3)4/h12-13H,5-11,17H2,1-4H3,(H,18,21). The van der Waals surface area contributed by atoms with Gasteiger partial charge in [0, 0.05) is 38.0 Å². The Kier molecular flexibility index (Phi) is 6.65. The highest BCUT2D eigenvalue weighted by atomic mass is 16.2. The van der Waals surface area contributed by atoms with Gasteiger partial charge in [0.25, 0.3) is 0 Å². The van der Waals surface area contributed by atoms with Crippen molar-refractivity contribution in [2.45, 2.75) is 59.4 Å². The molecule has 1 unspecified atom stereocenters. The maximum absolute atomic E-state index is 12.2. The molecule has 0 saturated carbocycles. The van der Waals surface area contributed by atoms with E-state index >= 15 is 0 Å². The van der Waals surface area contributed by atoms with Crippen LogP contribution in [-0.2, 0) is 9.59 Å². The normalized spacial score (nSPS) is 18.4. The molecule has 21 heavy (non-hydrogen) atoms.